The summed E-state index contributed by atoms with van der Waals surface area (Å²) in [6.45, 7) is 5.12. The van der Waals surface area contributed by atoms with Gasteiger partial charge in [-0.1, -0.05) is 6.07 Å². The van der Waals surface area contributed by atoms with Crippen molar-refractivity contribution in [2.75, 3.05) is 43.3 Å². The molecule has 0 aliphatic carbocycles. The van der Waals surface area contributed by atoms with Crippen LogP contribution in [0.25, 0.3) is 0 Å². The molecule has 0 atom stereocenters. The van der Waals surface area contributed by atoms with Gasteiger partial charge in [-0.25, -0.2) is 16.8 Å². The summed E-state index contributed by atoms with van der Waals surface area (Å²) in [6, 6.07) is 10.7. The number of rotatable bonds is 8. The molecule has 3 rings (SSSR count). The highest BCUT2D eigenvalue weighted by Crippen LogP contribution is 2.19. The fourth-order valence-electron chi connectivity index (χ4n) is 3.15. The van der Waals surface area contributed by atoms with Crippen LogP contribution in [0.1, 0.15) is 21.5 Å². The maximum Gasteiger partial charge on any atom is 0.261 e. The van der Waals surface area contributed by atoms with Crippen molar-refractivity contribution in [3.05, 3.63) is 59.2 Å². The van der Waals surface area contributed by atoms with Crippen LogP contribution in [0.15, 0.2) is 47.4 Å². The van der Waals surface area contributed by atoms with Crippen LogP contribution in [0.2, 0.25) is 0 Å². The zero-order valence-electron chi connectivity index (χ0n) is 18.0. The zero-order chi connectivity index (χ0) is 23.4. The first-order valence-corrected chi connectivity index (χ1v) is 13.2. The van der Waals surface area contributed by atoms with Gasteiger partial charge in [0.25, 0.3) is 15.9 Å². The smallest absolute Gasteiger partial charge is 0.261 e. The first-order valence-electron chi connectivity index (χ1n) is 10.1. The minimum Gasteiger partial charge on any atom is -0.379 e. The summed E-state index contributed by atoms with van der Waals surface area (Å²) in [4.78, 5) is 12.3. The van der Waals surface area contributed by atoms with Gasteiger partial charge in [0, 0.05) is 30.9 Å². The molecule has 1 aliphatic rings. The Balaban J connectivity index is 1.58. The van der Waals surface area contributed by atoms with Crippen LogP contribution in [0, 0.1) is 13.8 Å². The Morgan fingerprint density at radius 2 is 1.62 bits per heavy atom. The first-order chi connectivity index (χ1) is 15.1. The second kappa shape index (κ2) is 9.99. The SMILES string of the molecule is Cc1ccc(NS(=O)(=O)c2ccc(C(=O)NCCS(=O)(=O)N3CCOCC3)cc2)cc1C. The van der Waals surface area contributed by atoms with Gasteiger partial charge in [-0.2, -0.15) is 4.31 Å². The molecule has 0 spiro atoms. The summed E-state index contributed by atoms with van der Waals surface area (Å²) in [6.07, 6.45) is 0. The number of nitrogens with zero attached hydrogens (tertiary/aromatic N) is 1. The van der Waals surface area contributed by atoms with Crippen LogP contribution >= 0.6 is 0 Å². The van der Waals surface area contributed by atoms with E-state index in [1.165, 1.54) is 28.6 Å². The highest BCUT2D eigenvalue weighted by molar-refractivity contribution is 7.92. The number of hydrogen-bond donors (Lipinski definition) is 2. The van der Waals surface area contributed by atoms with Gasteiger partial charge in [-0.05, 0) is 61.4 Å². The number of benzene rings is 2. The average Bonchev–Trinajstić information content (AvgIpc) is 2.76. The number of aryl methyl sites for hydroxylation is 2. The molecule has 0 saturated carbocycles. The van der Waals surface area contributed by atoms with E-state index in [4.69, 9.17) is 4.74 Å². The Morgan fingerprint density at radius 1 is 0.969 bits per heavy atom. The molecule has 9 nitrogen and oxygen atoms in total. The number of ether oxygens (including phenoxy) is 1. The number of morpholine rings is 1. The minimum absolute atomic E-state index is 0.0159. The lowest BCUT2D eigenvalue weighted by molar-refractivity contribution is 0.0730. The Kier molecular flexibility index (Phi) is 7.55. The van der Waals surface area contributed by atoms with E-state index in [9.17, 15) is 21.6 Å². The quantitative estimate of drug-likeness (QED) is 0.589. The average molecular weight is 482 g/mol. The minimum atomic E-state index is -3.81. The Hall–Kier alpha value is -2.47. The van der Waals surface area contributed by atoms with Crippen molar-refractivity contribution in [3.8, 4) is 0 Å². The predicted octanol–water partition coefficient (Wildman–Crippen LogP) is 1.50. The highest BCUT2D eigenvalue weighted by atomic mass is 32.2. The van der Waals surface area contributed by atoms with Crippen LogP contribution in [-0.4, -0.2) is 65.6 Å². The van der Waals surface area contributed by atoms with Crippen molar-refractivity contribution in [1.82, 2.24) is 9.62 Å². The molecule has 1 saturated heterocycles. The summed E-state index contributed by atoms with van der Waals surface area (Å²) >= 11 is 0. The van der Waals surface area contributed by atoms with Crippen LogP contribution < -0.4 is 10.0 Å². The van der Waals surface area contributed by atoms with Gasteiger partial charge in [0.2, 0.25) is 10.0 Å². The van der Waals surface area contributed by atoms with Crippen molar-refractivity contribution in [3.63, 3.8) is 0 Å². The molecular weight excluding hydrogens is 454 g/mol. The third-order valence-electron chi connectivity index (χ3n) is 5.19. The molecule has 174 valence electrons. The fraction of sp³-hybridized carbons (Fsp3) is 0.381. The van der Waals surface area contributed by atoms with Crippen molar-refractivity contribution in [2.24, 2.45) is 0 Å². The highest BCUT2D eigenvalue weighted by Gasteiger charge is 2.24. The lowest BCUT2D eigenvalue weighted by Gasteiger charge is -2.26. The van der Waals surface area contributed by atoms with Gasteiger partial charge in [0.15, 0.2) is 0 Å². The molecule has 1 amide bonds. The van der Waals surface area contributed by atoms with E-state index in [0.29, 0.717) is 32.0 Å². The fourth-order valence-corrected chi connectivity index (χ4v) is 5.53. The van der Waals surface area contributed by atoms with Gasteiger partial charge in [-0.3, -0.25) is 9.52 Å². The third-order valence-corrected chi connectivity index (χ3v) is 8.46. The normalized spacial score (nSPS) is 15.3. The number of nitrogens with one attached hydrogen (secondary N) is 2. The van der Waals surface area contributed by atoms with E-state index in [1.807, 2.05) is 19.9 Å². The second-order valence-corrected chi connectivity index (χ2v) is 11.3. The van der Waals surface area contributed by atoms with E-state index in [2.05, 4.69) is 10.0 Å². The number of amides is 1. The number of carbonyl (C=O) groups excluding carboxylic acids is 1. The summed E-state index contributed by atoms with van der Waals surface area (Å²) in [5, 5.41) is 2.56. The van der Waals surface area contributed by atoms with Crippen LogP contribution in [-0.2, 0) is 24.8 Å². The summed E-state index contributed by atoms with van der Waals surface area (Å²) in [5.74, 6) is -0.696. The summed E-state index contributed by atoms with van der Waals surface area (Å²) in [5.41, 5.74) is 2.71. The number of hydrogen-bond acceptors (Lipinski definition) is 6. The molecule has 2 aromatic rings. The monoisotopic (exact) mass is 481 g/mol. The Morgan fingerprint density at radius 3 is 2.25 bits per heavy atom. The van der Waals surface area contributed by atoms with Gasteiger partial charge >= 0.3 is 0 Å². The summed E-state index contributed by atoms with van der Waals surface area (Å²) in [7, 11) is -7.28. The number of anilines is 1. The molecule has 32 heavy (non-hydrogen) atoms. The topological polar surface area (TPSA) is 122 Å². The van der Waals surface area contributed by atoms with Crippen molar-refractivity contribution in [1.29, 1.82) is 0 Å². The third kappa shape index (κ3) is 6.06. The maximum atomic E-state index is 12.6. The molecule has 0 aromatic heterocycles. The molecule has 1 fully saturated rings. The molecule has 0 bridgehead atoms. The molecule has 1 heterocycles. The predicted molar refractivity (Wildman–Crippen MR) is 122 cm³/mol. The second-order valence-electron chi connectivity index (χ2n) is 7.51. The van der Waals surface area contributed by atoms with E-state index < -0.39 is 26.0 Å². The number of sulfonamides is 2. The van der Waals surface area contributed by atoms with Gasteiger partial charge < -0.3 is 10.1 Å². The number of carbonyl (C=O) groups is 1. The van der Waals surface area contributed by atoms with Crippen molar-refractivity contribution >= 4 is 31.6 Å². The van der Waals surface area contributed by atoms with E-state index in [-0.39, 0.29) is 22.8 Å². The van der Waals surface area contributed by atoms with Crippen molar-refractivity contribution in [2.45, 2.75) is 18.7 Å². The zero-order valence-corrected chi connectivity index (χ0v) is 19.6. The van der Waals surface area contributed by atoms with Gasteiger partial charge in [0.05, 0.1) is 23.9 Å². The molecule has 2 aromatic carbocycles. The van der Waals surface area contributed by atoms with Crippen LogP contribution in [0.4, 0.5) is 5.69 Å². The molecule has 0 unspecified atom stereocenters. The Bertz CT molecular complexity index is 1170. The van der Waals surface area contributed by atoms with Gasteiger partial charge in [0.1, 0.15) is 0 Å². The largest absolute Gasteiger partial charge is 0.379 e. The molecule has 2 N–H and O–H groups in total. The first kappa shape index (κ1) is 24.2. The van der Waals surface area contributed by atoms with Crippen LogP contribution in [0.3, 0.4) is 0 Å². The van der Waals surface area contributed by atoms with Crippen LogP contribution in [0.5, 0.6) is 0 Å². The van der Waals surface area contributed by atoms with Gasteiger partial charge in [-0.15, -0.1) is 0 Å². The molecule has 1 aliphatic heterocycles. The molecular formula is C21H27N3O6S2. The van der Waals surface area contributed by atoms with E-state index >= 15 is 0 Å². The van der Waals surface area contributed by atoms with Crippen molar-refractivity contribution < 1.29 is 26.4 Å². The lowest BCUT2D eigenvalue weighted by Crippen LogP contribution is -2.43. The Labute approximate surface area is 188 Å². The standard InChI is InChI=1S/C21H27N3O6S2/c1-16-3-6-19(15-17(16)2)23-32(28,29)20-7-4-18(5-8-20)21(25)22-9-14-31(26,27)24-10-12-30-13-11-24/h3-8,15,23H,9-14H2,1-2H3,(H,22,25). The maximum absolute atomic E-state index is 12.6. The van der Waals surface area contributed by atoms with E-state index in [1.54, 1.807) is 12.1 Å². The summed E-state index contributed by atoms with van der Waals surface area (Å²) < 4.78 is 58.9. The molecule has 11 heteroatoms. The van der Waals surface area contributed by atoms with E-state index in [0.717, 1.165) is 11.1 Å². The lowest BCUT2D eigenvalue weighted by atomic mass is 10.1. The molecule has 0 radical (unpaired) electrons.